The maximum atomic E-state index is 12.8. The van der Waals surface area contributed by atoms with Crippen molar-refractivity contribution in [2.75, 3.05) is 80.2 Å². The lowest BCUT2D eigenvalue weighted by atomic mass is 10.0. The molecule has 9 heteroatoms. The van der Waals surface area contributed by atoms with Gasteiger partial charge in [-0.05, 0) is 26.2 Å². The molecule has 198 valence electrons. The number of carbonyl (C=O) groups is 3. The third-order valence-electron chi connectivity index (χ3n) is 5.79. The Bertz CT molecular complexity index is 1040. The molecule has 0 spiro atoms. The second-order valence-corrected chi connectivity index (χ2v) is 8.88. The summed E-state index contributed by atoms with van der Waals surface area (Å²) in [5.74, 6) is -0.237. The Hall–Kier alpha value is -3.58. The summed E-state index contributed by atoms with van der Waals surface area (Å²) in [6.45, 7) is 11.2. The van der Waals surface area contributed by atoms with Crippen LogP contribution in [0.2, 0.25) is 0 Å². The first kappa shape index (κ1) is 29.6. The molecule has 37 heavy (non-hydrogen) atoms. The van der Waals surface area contributed by atoms with Crippen LogP contribution in [-0.4, -0.2) is 112 Å². The van der Waals surface area contributed by atoms with E-state index < -0.39 is 0 Å². The molecule has 2 rings (SSSR count). The monoisotopic (exact) mass is 507 g/mol. The predicted molar refractivity (Wildman–Crippen MR) is 144 cm³/mol. The zero-order chi connectivity index (χ0) is 27.0. The van der Waals surface area contributed by atoms with E-state index in [4.69, 9.17) is 11.3 Å². The summed E-state index contributed by atoms with van der Waals surface area (Å²) in [4.78, 5) is 46.3. The normalized spacial score (nSPS) is 10.8. The van der Waals surface area contributed by atoms with Crippen molar-refractivity contribution in [3.8, 4) is 0 Å². The van der Waals surface area contributed by atoms with Gasteiger partial charge in [-0.3, -0.25) is 19.3 Å². The molecule has 0 aliphatic carbocycles. The van der Waals surface area contributed by atoms with E-state index in [-0.39, 0.29) is 24.1 Å². The minimum absolute atomic E-state index is 0.0688. The van der Waals surface area contributed by atoms with E-state index >= 15 is 0 Å². The first-order valence-electron chi connectivity index (χ1n) is 12.3. The van der Waals surface area contributed by atoms with Crippen LogP contribution in [0, 0.1) is 6.57 Å². The third-order valence-corrected chi connectivity index (χ3v) is 5.79. The second kappa shape index (κ2) is 16.2. The SMILES string of the molecule is [C-]#[N+]CCOCCNC(=O)CN(C)CCN(C)CCN(C)C(=O)c1ccc(C(=O)c2ccccc2)cc1. The van der Waals surface area contributed by atoms with Crippen molar-refractivity contribution in [3.05, 3.63) is 82.7 Å². The largest absolute Gasteiger partial charge is 0.372 e. The van der Waals surface area contributed by atoms with E-state index in [1.54, 1.807) is 48.3 Å². The van der Waals surface area contributed by atoms with Crippen molar-refractivity contribution in [1.29, 1.82) is 0 Å². The predicted octanol–water partition coefficient (Wildman–Crippen LogP) is 1.91. The number of benzene rings is 2. The van der Waals surface area contributed by atoms with Crippen molar-refractivity contribution in [2.24, 2.45) is 0 Å². The molecular formula is C28H37N5O4. The molecule has 0 atom stereocenters. The zero-order valence-corrected chi connectivity index (χ0v) is 22.0. The Morgan fingerprint density at radius 3 is 2.08 bits per heavy atom. The van der Waals surface area contributed by atoms with Crippen molar-refractivity contribution >= 4 is 17.6 Å². The average molecular weight is 508 g/mol. The van der Waals surface area contributed by atoms with Crippen LogP contribution < -0.4 is 5.32 Å². The number of ether oxygens (including phenoxy) is 1. The zero-order valence-electron chi connectivity index (χ0n) is 22.0. The number of rotatable bonds is 16. The lowest BCUT2D eigenvalue weighted by Crippen LogP contribution is -2.41. The van der Waals surface area contributed by atoms with E-state index in [0.717, 1.165) is 6.54 Å². The average Bonchev–Trinajstić information content (AvgIpc) is 2.92. The molecule has 0 radical (unpaired) electrons. The summed E-state index contributed by atoms with van der Waals surface area (Å²) in [6.07, 6.45) is 0. The highest BCUT2D eigenvalue weighted by molar-refractivity contribution is 6.09. The molecule has 0 aromatic heterocycles. The number of carbonyl (C=O) groups excluding carboxylic acids is 3. The summed E-state index contributed by atoms with van der Waals surface area (Å²) >= 11 is 0. The molecule has 0 aliphatic rings. The number of hydrogen-bond acceptors (Lipinski definition) is 6. The Kier molecular flexibility index (Phi) is 13.0. The standard InChI is InChI=1S/C28H37N5O4/c1-29-14-20-37-21-15-30-26(34)22-32(3)17-16-31(2)18-19-33(4)28(36)25-12-10-24(11-13-25)27(35)23-8-6-5-7-9-23/h5-13H,14-22H2,2-4H3,(H,30,34). The van der Waals surface area contributed by atoms with Gasteiger partial charge in [0.1, 0.15) is 6.61 Å². The van der Waals surface area contributed by atoms with Gasteiger partial charge in [0.25, 0.3) is 5.91 Å². The molecular weight excluding hydrogens is 470 g/mol. The van der Waals surface area contributed by atoms with Gasteiger partial charge in [-0.1, -0.05) is 42.5 Å². The number of ketones is 1. The Labute approximate surface area is 219 Å². The van der Waals surface area contributed by atoms with E-state index in [1.807, 2.05) is 37.2 Å². The third kappa shape index (κ3) is 10.9. The van der Waals surface area contributed by atoms with Gasteiger partial charge in [0.15, 0.2) is 5.78 Å². The summed E-state index contributed by atoms with van der Waals surface area (Å²) in [7, 11) is 5.64. The quantitative estimate of drug-likeness (QED) is 0.212. The number of amides is 2. The molecule has 0 saturated carbocycles. The first-order valence-corrected chi connectivity index (χ1v) is 12.3. The smallest absolute Gasteiger partial charge is 0.253 e. The molecule has 0 bridgehead atoms. The van der Waals surface area contributed by atoms with E-state index in [1.165, 1.54) is 0 Å². The molecule has 2 aromatic rings. The topological polar surface area (TPSA) is 86.6 Å². The van der Waals surface area contributed by atoms with Crippen molar-refractivity contribution in [3.63, 3.8) is 0 Å². The molecule has 0 heterocycles. The van der Waals surface area contributed by atoms with Gasteiger partial charge in [0, 0.05) is 56.5 Å². The highest BCUT2D eigenvalue weighted by atomic mass is 16.5. The molecule has 2 amide bonds. The minimum Gasteiger partial charge on any atom is -0.372 e. The van der Waals surface area contributed by atoms with Crippen LogP contribution in [0.4, 0.5) is 0 Å². The summed E-state index contributed by atoms with van der Waals surface area (Å²) in [6, 6.07) is 15.8. The van der Waals surface area contributed by atoms with Crippen LogP contribution >= 0.6 is 0 Å². The first-order chi connectivity index (χ1) is 17.8. The fraction of sp³-hybridized carbons (Fsp3) is 0.429. The van der Waals surface area contributed by atoms with E-state index in [0.29, 0.717) is 62.6 Å². The second-order valence-electron chi connectivity index (χ2n) is 8.88. The highest BCUT2D eigenvalue weighted by Crippen LogP contribution is 2.12. The summed E-state index contributed by atoms with van der Waals surface area (Å²) in [5.41, 5.74) is 1.71. The van der Waals surface area contributed by atoms with Gasteiger partial charge in [0.05, 0.1) is 13.2 Å². The summed E-state index contributed by atoms with van der Waals surface area (Å²) < 4.78 is 5.24. The molecule has 0 fully saturated rings. The number of nitrogens with zero attached hydrogens (tertiary/aromatic N) is 4. The number of hydrogen-bond donors (Lipinski definition) is 1. The molecule has 0 saturated heterocycles. The molecule has 9 nitrogen and oxygen atoms in total. The van der Waals surface area contributed by atoms with E-state index in [9.17, 15) is 14.4 Å². The lowest BCUT2D eigenvalue weighted by Gasteiger charge is -2.24. The van der Waals surface area contributed by atoms with E-state index in [2.05, 4.69) is 15.1 Å². The van der Waals surface area contributed by atoms with Gasteiger partial charge in [-0.25, -0.2) is 6.57 Å². The Morgan fingerprint density at radius 2 is 1.41 bits per heavy atom. The van der Waals surface area contributed by atoms with Gasteiger partial charge >= 0.3 is 0 Å². The summed E-state index contributed by atoms with van der Waals surface area (Å²) in [5, 5.41) is 2.80. The molecule has 0 unspecified atom stereocenters. The van der Waals surface area contributed by atoms with Gasteiger partial charge < -0.3 is 24.7 Å². The van der Waals surface area contributed by atoms with Crippen molar-refractivity contribution in [2.45, 2.75) is 0 Å². The van der Waals surface area contributed by atoms with Crippen LogP contribution in [0.15, 0.2) is 54.6 Å². The maximum Gasteiger partial charge on any atom is 0.253 e. The fourth-order valence-electron chi connectivity index (χ4n) is 3.47. The van der Waals surface area contributed by atoms with Gasteiger partial charge in [-0.2, -0.15) is 0 Å². The number of likely N-dealkylation sites (N-methyl/N-ethyl adjacent to an activating group) is 3. The Balaban J connectivity index is 1.67. The van der Waals surface area contributed by atoms with Crippen LogP contribution in [0.1, 0.15) is 26.3 Å². The maximum absolute atomic E-state index is 12.8. The van der Waals surface area contributed by atoms with Crippen molar-refractivity contribution in [1.82, 2.24) is 20.0 Å². The highest BCUT2D eigenvalue weighted by Gasteiger charge is 2.15. The lowest BCUT2D eigenvalue weighted by molar-refractivity contribution is -0.122. The van der Waals surface area contributed by atoms with Crippen molar-refractivity contribution < 1.29 is 19.1 Å². The Morgan fingerprint density at radius 1 is 0.811 bits per heavy atom. The fourth-order valence-corrected chi connectivity index (χ4v) is 3.47. The minimum atomic E-state index is -0.0982. The van der Waals surface area contributed by atoms with Crippen LogP contribution in [-0.2, 0) is 9.53 Å². The van der Waals surface area contributed by atoms with Gasteiger partial charge in [-0.15, -0.1) is 0 Å². The molecule has 2 aromatic carbocycles. The van der Waals surface area contributed by atoms with Crippen LogP contribution in [0.25, 0.3) is 4.85 Å². The van der Waals surface area contributed by atoms with Crippen LogP contribution in [0.3, 0.4) is 0 Å². The molecule has 1 N–H and O–H groups in total. The molecule has 0 aliphatic heterocycles. The van der Waals surface area contributed by atoms with Gasteiger partial charge in [0.2, 0.25) is 12.5 Å². The van der Waals surface area contributed by atoms with Crippen LogP contribution in [0.5, 0.6) is 0 Å². The number of nitrogens with one attached hydrogen (secondary N) is 1.